The van der Waals surface area contributed by atoms with Crippen LogP contribution in [0.3, 0.4) is 0 Å². The van der Waals surface area contributed by atoms with Crippen molar-refractivity contribution in [3.63, 3.8) is 0 Å². The van der Waals surface area contributed by atoms with Gasteiger partial charge in [-0.2, -0.15) is 0 Å². The molecule has 1 fully saturated rings. The fraction of sp³-hybridized carbons (Fsp3) is 0.867. The van der Waals surface area contributed by atoms with Gasteiger partial charge in [-0.15, -0.1) is 0 Å². The van der Waals surface area contributed by atoms with E-state index in [4.69, 9.17) is 4.74 Å². The lowest BCUT2D eigenvalue weighted by molar-refractivity contribution is -0.140. The van der Waals surface area contributed by atoms with Gasteiger partial charge in [0.25, 0.3) is 0 Å². The van der Waals surface area contributed by atoms with Crippen LogP contribution < -0.4 is 5.32 Å². The van der Waals surface area contributed by atoms with Crippen molar-refractivity contribution in [3.8, 4) is 0 Å². The molecular formula is C15H28N2O3. The second-order valence-electron chi connectivity index (χ2n) is 7.49. The van der Waals surface area contributed by atoms with Gasteiger partial charge in [-0.05, 0) is 33.6 Å². The van der Waals surface area contributed by atoms with Crippen molar-refractivity contribution in [1.29, 1.82) is 0 Å². The Hall–Kier alpha value is -1.26. The molecule has 1 aliphatic rings. The molecule has 0 aliphatic carbocycles. The number of nitrogens with zero attached hydrogens (tertiary/aromatic N) is 1. The summed E-state index contributed by atoms with van der Waals surface area (Å²) in [7, 11) is 0. The molecule has 5 nitrogen and oxygen atoms in total. The van der Waals surface area contributed by atoms with Crippen molar-refractivity contribution in [3.05, 3.63) is 0 Å². The van der Waals surface area contributed by atoms with E-state index in [1.807, 2.05) is 46.4 Å². The normalized spacial score (nSPS) is 20.5. The van der Waals surface area contributed by atoms with Gasteiger partial charge in [0, 0.05) is 24.5 Å². The van der Waals surface area contributed by atoms with Crippen LogP contribution in [0.15, 0.2) is 0 Å². The van der Waals surface area contributed by atoms with E-state index in [2.05, 4.69) is 5.32 Å². The number of nitrogens with one attached hydrogen (secondary N) is 1. The molecule has 2 amide bonds. The van der Waals surface area contributed by atoms with Crippen molar-refractivity contribution < 1.29 is 14.3 Å². The van der Waals surface area contributed by atoms with E-state index in [0.29, 0.717) is 6.54 Å². The number of piperidine rings is 1. The van der Waals surface area contributed by atoms with Crippen LogP contribution in [0.4, 0.5) is 4.79 Å². The van der Waals surface area contributed by atoms with Crippen LogP contribution in [-0.2, 0) is 9.53 Å². The maximum Gasteiger partial charge on any atom is 0.407 e. The van der Waals surface area contributed by atoms with Crippen molar-refractivity contribution >= 4 is 12.0 Å². The largest absolute Gasteiger partial charge is 0.444 e. The van der Waals surface area contributed by atoms with Crippen LogP contribution in [0.2, 0.25) is 0 Å². The first kappa shape index (κ1) is 16.8. The highest BCUT2D eigenvalue weighted by molar-refractivity contribution is 5.81. The minimum Gasteiger partial charge on any atom is -0.444 e. The maximum atomic E-state index is 12.3. The van der Waals surface area contributed by atoms with Crippen LogP contribution >= 0.6 is 0 Å². The summed E-state index contributed by atoms with van der Waals surface area (Å²) in [5.74, 6) is 0.133. The molecule has 0 saturated carbocycles. The number of amides is 2. The first-order valence-electron chi connectivity index (χ1n) is 7.28. The molecule has 1 rings (SSSR count). The molecular weight excluding hydrogens is 256 g/mol. The Morgan fingerprint density at radius 3 is 2.25 bits per heavy atom. The lowest BCUT2D eigenvalue weighted by atomic mass is 9.93. The van der Waals surface area contributed by atoms with E-state index in [9.17, 15) is 9.59 Å². The molecule has 5 heteroatoms. The topological polar surface area (TPSA) is 58.6 Å². The van der Waals surface area contributed by atoms with E-state index in [1.54, 1.807) is 0 Å². The average molecular weight is 284 g/mol. The lowest BCUT2D eigenvalue weighted by Gasteiger charge is -2.36. The number of alkyl carbamates (subject to hydrolysis) is 1. The summed E-state index contributed by atoms with van der Waals surface area (Å²) in [6.07, 6.45) is 1.38. The highest BCUT2D eigenvalue weighted by Gasteiger charge is 2.32. The van der Waals surface area contributed by atoms with Gasteiger partial charge in [-0.3, -0.25) is 4.79 Å². The van der Waals surface area contributed by atoms with Crippen LogP contribution in [0.1, 0.15) is 54.4 Å². The Morgan fingerprint density at radius 1 is 1.15 bits per heavy atom. The molecule has 0 aromatic heterocycles. The van der Waals surface area contributed by atoms with Gasteiger partial charge in [-0.25, -0.2) is 4.79 Å². The first-order chi connectivity index (χ1) is 8.99. The number of hydrogen-bond donors (Lipinski definition) is 1. The van der Waals surface area contributed by atoms with Crippen LogP contribution in [0.25, 0.3) is 0 Å². The Bertz CT molecular complexity index is 366. The number of carbonyl (C=O) groups is 2. The van der Waals surface area contributed by atoms with Gasteiger partial charge in [0.2, 0.25) is 5.91 Å². The molecule has 1 unspecified atom stereocenters. The molecule has 0 aromatic rings. The SMILES string of the molecule is CC(C)(C)OC(=O)NC1CCCN(C(=O)C(C)(C)C)C1. The fourth-order valence-electron chi connectivity index (χ4n) is 2.23. The third-order valence-electron chi connectivity index (χ3n) is 3.07. The Morgan fingerprint density at radius 2 is 1.75 bits per heavy atom. The van der Waals surface area contributed by atoms with Crippen LogP contribution in [0.5, 0.6) is 0 Å². The van der Waals surface area contributed by atoms with Gasteiger partial charge in [-0.1, -0.05) is 20.8 Å². The molecule has 1 saturated heterocycles. The molecule has 0 radical (unpaired) electrons. The van der Waals surface area contributed by atoms with Gasteiger partial charge in [0.15, 0.2) is 0 Å². The zero-order chi connectivity index (χ0) is 15.6. The monoisotopic (exact) mass is 284 g/mol. The maximum absolute atomic E-state index is 12.3. The summed E-state index contributed by atoms with van der Waals surface area (Å²) in [6.45, 7) is 12.6. The predicted molar refractivity (Wildman–Crippen MR) is 78.4 cm³/mol. The standard InChI is InChI=1S/C15H28N2O3/c1-14(2,3)12(18)17-9-7-8-11(10-17)16-13(19)20-15(4,5)6/h11H,7-10H2,1-6H3,(H,16,19). The summed E-state index contributed by atoms with van der Waals surface area (Å²) in [5.41, 5.74) is -0.881. The summed E-state index contributed by atoms with van der Waals surface area (Å²) in [5, 5.41) is 2.86. The minimum atomic E-state index is -0.500. The zero-order valence-electron chi connectivity index (χ0n) is 13.6. The lowest BCUT2D eigenvalue weighted by Crippen LogP contribution is -2.52. The van der Waals surface area contributed by atoms with Crippen molar-refractivity contribution in [2.45, 2.75) is 66.0 Å². The van der Waals surface area contributed by atoms with Crippen molar-refractivity contribution in [1.82, 2.24) is 10.2 Å². The minimum absolute atomic E-state index is 0.0232. The molecule has 0 aromatic carbocycles. The van der Waals surface area contributed by atoms with E-state index in [0.717, 1.165) is 19.4 Å². The third kappa shape index (κ3) is 5.39. The van der Waals surface area contributed by atoms with Gasteiger partial charge in [0.1, 0.15) is 5.60 Å². The van der Waals surface area contributed by atoms with Crippen molar-refractivity contribution in [2.24, 2.45) is 5.41 Å². The second kappa shape index (κ2) is 6.02. The first-order valence-corrected chi connectivity index (χ1v) is 7.28. The smallest absolute Gasteiger partial charge is 0.407 e. The average Bonchev–Trinajstić information content (AvgIpc) is 2.24. The van der Waals surface area contributed by atoms with E-state index < -0.39 is 11.7 Å². The molecule has 0 bridgehead atoms. The van der Waals surface area contributed by atoms with E-state index >= 15 is 0 Å². The Balaban J connectivity index is 2.53. The molecule has 1 N–H and O–H groups in total. The highest BCUT2D eigenvalue weighted by atomic mass is 16.6. The van der Waals surface area contributed by atoms with E-state index in [-0.39, 0.29) is 17.4 Å². The van der Waals surface area contributed by atoms with Crippen molar-refractivity contribution in [2.75, 3.05) is 13.1 Å². The zero-order valence-corrected chi connectivity index (χ0v) is 13.6. The summed E-state index contributed by atoms with van der Waals surface area (Å²) >= 11 is 0. The van der Waals surface area contributed by atoms with Gasteiger partial charge >= 0.3 is 6.09 Å². The number of ether oxygens (including phenoxy) is 1. The van der Waals surface area contributed by atoms with Crippen LogP contribution in [0, 0.1) is 5.41 Å². The third-order valence-corrected chi connectivity index (χ3v) is 3.07. The summed E-state index contributed by atoms with van der Waals surface area (Å²) in [6, 6.07) is -0.0232. The summed E-state index contributed by atoms with van der Waals surface area (Å²) in [4.78, 5) is 25.9. The number of carbonyl (C=O) groups excluding carboxylic acids is 2. The molecule has 0 spiro atoms. The highest BCUT2D eigenvalue weighted by Crippen LogP contribution is 2.21. The summed E-state index contributed by atoms with van der Waals surface area (Å²) < 4.78 is 5.25. The van der Waals surface area contributed by atoms with Gasteiger partial charge < -0.3 is 15.0 Å². The molecule has 116 valence electrons. The quantitative estimate of drug-likeness (QED) is 0.805. The fourth-order valence-corrected chi connectivity index (χ4v) is 2.23. The molecule has 20 heavy (non-hydrogen) atoms. The second-order valence-corrected chi connectivity index (χ2v) is 7.49. The van der Waals surface area contributed by atoms with E-state index in [1.165, 1.54) is 0 Å². The Labute approximate surface area is 122 Å². The predicted octanol–water partition coefficient (Wildman–Crippen LogP) is 2.55. The Kier molecular flexibility index (Phi) is 5.05. The van der Waals surface area contributed by atoms with Gasteiger partial charge in [0.05, 0.1) is 0 Å². The number of hydrogen-bond acceptors (Lipinski definition) is 3. The number of likely N-dealkylation sites (tertiary alicyclic amines) is 1. The van der Waals surface area contributed by atoms with Crippen LogP contribution in [-0.4, -0.2) is 41.6 Å². The molecule has 1 heterocycles. The number of rotatable bonds is 1. The molecule has 1 aliphatic heterocycles. The molecule has 1 atom stereocenters.